The summed E-state index contributed by atoms with van der Waals surface area (Å²) < 4.78 is 0. The van der Waals surface area contributed by atoms with Crippen molar-refractivity contribution in [2.75, 3.05) is 5.43 Å². The van der Waals surface area contributed by atoms with Gasteiger partial charge in [0.05, 0.1) is 11.1 Å². The van der Waals surface area contributed by atoms with Crippen LogP contribution in [0.5, 0.6) is 11.5 Å². The molecule has 0 saturated heterocycles. The summed E-state index contributed by atoms with van der Waals surface area (Å²) in [5.41, 5.74) is 2.03. The molecule has 4 N–H and O–H groups in total. The van der Waals surface area contributed by atoms with E-state index in [-0.39, 0.29) is 17.2 Å². The lowest BCUT2D eigenvalue weighted by molar-refractivity contribution is -0.385. The predicted octanol–water partition coefficient (Wildman–Crippen LogP) is 1.60. The number of aromatic hydroxyl groups is 2. The number of anilines is 1. The number of hydrogen-bond acceptors (Lipinski definition) is 9. The number of hydrazone groups is 1. The molecular formula is C16H12N6O5. The Morgan fingerprint density at radius 2 is 1.89 bits per heavy atom. The summed E-state index contributed by atoms with van der Waals surface area (Å²) in [5.74, 6) is -1.15. The molecule has 0 spiro atoms. The first-order chi connectivity index (χ1) is 13.0. The second-order valence-corrected chi connectivity index (χ2v) is 5.24. The van der Waals surface area contributed by atoms with Crippen LogP contribution in [0, 0.1) is 10.1 Å². The Balaban J connectivity index is 1.79. The van der Waals surface area contributed by atoms with Crippen LogP contribution in [0.25, 0.3) is 11.3 Å². The highest BCUT2D eigenvalue weighted by Crippen LogP contribution is 2.31. The predicted molar refractivity (Wildman–Crippen MR) is 95.7 cm³/mol. The number of phenols is 2. The summed E-state index contributed by atoms with van der Waals surface area (Å²) in [5, 5.41) is 41.3. The normalized spacial score (nSPS) is 10.8. The van der Waals surface area contributed by atoms with Gasteiger partial charge in [0.1, 0.15) is 5.75 Å². The van der Waals surface area contributed by atoms with E-state index >= 15 is 0 Å². The Morgan fingerprint density at radius 1 is 1.15 bits per heavy atom. The maximum Gasteiger partial charge on any atom is 0.311 e. The summed E-state index contributed by atoms with van der Waals surface area (Å²) in [4.78, 5) is 24.6. The van der Waals surface area contributed by atoms with Gasteiger partial charge in [-0.3, -0.25) is 19.9 Å². The minimum atomic E-state index is -0.801. The van der Waals surface area contributed by atoms with E-state index in [0.717, 1.165) is 18.3 Å². The number of benzene rings is 2. The molecule has 0 fully saturated rings. The van der Waals surface area contributed by atoms with Crippen molar-refractivity contribution < 1.29 is 15.1 Å². The van der Waals surface area contributed by atoms with Crippen LogP contribution in [-0.2, 0) is 0 Å². The Bertz CT molecular complexity index is 1080. The third kappa shape index (κ3) is 3.87. The lowest BCUT2D eigenvalue weighted by Crippen LogP contribution is -2.15. The first-order valence-electron chi connectivity index (χ1n) is 7.47. The van der Waals surface area contributed by atoms with Gasteiger partial charge < -0.3 is 10.2 Å². The molecule has 0 radical (unpaired) electrons. The molecule has 3 aromatic rings. The number of aromatic nitrogens is 3. The van der Waals surface area contributed by atoms with E-state index in [9.17, 15) is 25.1 Å². The molecule has 0 aliphatic carbocycles. The van der Waals surface area contributed by atoms with Crippen LogP contribution in [0.3, 0.4) is 0 Å². The first kappa shape index (κ1) is 17.5. The average Bonchev–Trinajstić information content (AvgIpc) is 2.64. The zero-order valence-electron chi connectivity index (χ0n) is 13.5. The standard InChI is InChI=1S/C16H12N6O5/c23-12-7-13(24)11(22(26)27)6-10(12)8-17-20-16-18-15(25)14(19-21-16)9-4-2-1-3-5-9/h1-8,23-24H,(H2,18,20,21,25)/b17-8+. The van der Waals surface area contributed by atoms with Gasteiger partial charge in [-0.05, 0) is 0 Å². The summed E-state index contributed by atoms with van der Waals surface area (Å²) in [6, 6.07) is 10.5. The quantitative estimate of drug-likeness (QED) is 0.299. The van der Waals surface area contributed by atoms with E-state index in [2.05, 4.69) is 25.7 Å². The van der Waals surface area contributed by atoms with Crippen LogP contribution in [0.2, 0.25) is 0 Å². The molecule has 0 amide bonds. The Labute approximate surface area is 150 Å². The molecule has 27 heavy (non-hydrogen) atoms. The number of rotatable bonds is 5. The third-order valence-electron chi connectivity index (χ3n) is 3.44. The second kappa shape index (κ2) is 7.31. The van der Waals surface area contributed by atoms with Crippen molar-refractivity contribution in [3.05, 3.63) is 68.5 Å². The molecule has 2 aromatic carbocycles. The van der Waals surface area contributed by atoms with E-state index in [1.807, 2.05) is 0 Å². The lowest BCUT2D eigenvalue weighted by Gasteiger charge is -2.03. The maximum atomic E-state index is 12.1. The number of hydrogen-bond donors (Lipinski definition) is 4. The molecule has 3 rings (SSSR count). The first-order valence-corrected chi connectivity index (χ1v) is 7.47. The lowest BCUT2D eigenvalue weighted by atomic mass is 10.2. The van der Waals surface area contributed by atoms with E-state index in [1.165, 1.54) is 0 Å². The van der Waals surface area contributed by atoms with Crippen molar-refractivity contribution in [3.8, 4) is 22.8 Å². The van der Waals surface area contributed by atoms with Gasteiger partial charge >= 0.3 is 5.69 Å². The highest BCUT2D eigenvalue weighted by molar-refractivity contribution is 5.85. The molecular weight excluding hydrogens is 356 g/mol. The van der Waals surface area contributed by atoms with Crippen molar-refractivity contribution >= 4 is 17.9 Å². The minimum absolute atomic E-state index is 0.0248. The van der Waals surface area contributed by atoms with Gasteiger partial charge in [-0.2, -0.15) is 5.10 Å². The number of phenolic OH excluding ortho intramolecular Hbond substituents is 2. The third-order valence-corrected chi connectivity index (χ3v) is 3.44. The fourth-order valence-electron chi connectivity index (χ4n) is 2.17. The van der Waals surface area contributed by atoms with Crippen LogP contribution in [0.15, 0.2) is 52.4 Å². The summed E-state index contributed by atoms with van der Waals surface area (Å²) in [6.45, 7) is 0. The number of H-pyrrole nitrogens is 1. The van der Waals surface area contributed by atoms with Gasteiger partial charge in [0.15, 0.2) is 11.4 Å². The summed E-state index contributed by atoms with van der Waals surface area (Å²) >= 11 is 0. The summed E-state index contributed by atoms with van der Waals surface area (Å²) in [7, 11) is 0. The molecule has 0 aliphatic rings. The van der Waals surface area contributed by atoms with Crippen molar-refractivity contribution in [1.82, 2.24) is 15.2 Å². The molecule has 0 saturated carbocycles. The molecule has 136 valence electrons. The van der Waals surface area contributed by atoms with E-state index in [0.29, 0.717) is 5.56 Å². The number of aromatic amines is 1. The largest absolute Gasteiger partial charge is 0.507 e. The summed E-state index contributed by atoms with van der Waals surface area (Å²) in [6.07, 6.45) is 1.06. The Hall–Kier alpha value is -4.28. The topological polar surface area (TPSA) is 167 Å². The second-order valence-electron chi connectivity index (χ2n) is 5.24. The molecule has 0 bridgehead atoms. The SMILES string of the molecule is O=c1[nH]c(N/N=C/c2cc([N+](=O)[O-])c(O)cc2O)nnc1-c1ccccc1. The molecule has 0 unspecified atom stereocenters. The number of nitro benzene ring substituents is 1. The Morgan fingerprint density at radius 3 is 2.56 bits per heavy atom. The van der Waals surface area contributed by atoms with E-state index in [4.69, 9.17) is 0 Å². The van der Waals surface area contributed by atoms with Crippen molar-refractivity contribution in [2.24, 2.45) is 5.10 Å². The van der Waals surface area contributed by atoms with Crippen LogP contribution < -0.4 is 11.0 Å². The Kier molecular flexibility index (Phi) is 4.75. The molecule has 0 aliphatic heterocycles. The van der Waals surface area contributed by atoms with Crippen LogP contribution >= 0.6 is 0 Å². The fourth-order valence-corrected chi connectivity index (χ4v) is 2.17. The fraction of sp³-hybridized carbons (Fsp3) is 0. The van der Waals surface area contributed by atoms with Gasteiger partial charge in [-0.25, -0.2) is 5.43 Å². The molecule has 11 heteroatoms. The van der Waals surface area contributed by atoms with Gasteiger partial charge in [0, 0.05) is 23.3 Å². The smallest absolute Gasteiger partial charge is 0.311 e. The molecule has 1 heterocycles. The van der Waals surface area contributed by atoms with E-state index in [1.54, 1.807) is 30.3 Å². The number of nitrogens with zero attached hydrogens (tertiary/aromatic N) is 4. The molecule has 11 nitrogen and oxygen atoms in total. The van der Waals surface area contributed by atoms with Crippen molar-refractivity contribution in [1.29, 1.82) is 0 Å². The van der Waals surface area contributed by atoms with E-state index < -0.39 is 27.7 Å². The van der Waals surface area contributed by atoms with Crippen LogP contribution in [0.4, 0.5) is 11.6 Å². The van der Waals surface area contributed by atoms with Gasteiger partial charge in [0.2, 0.25) is 5.95 Å². The minimum Gasteiger partial charge on any atom is -0.507 e. The monoisotopic (exact) mass is 368 g/mol. The highest BCUT2D eigenvalue weighted by atomic mass is 16.6. The van der Waals surface area contributed by atoms with Crippen molar-refractivity contribution in [2.45, 2.75) is 0 Å². The van der Waals surface area contributed by atoms with Crippen molar-refractivity contribution in [3.63, 3.8) is 0 Å². The zero-order valence-corrected chi connectivity index (χ0v) is 13.5. The number of nitro groups is 1. The highest BCUT2D eigenvalue weighted by Gasteiger charge is 2.16. The average molecular weight is 368 g/mol. The maximum absolute atomic E-state index is 12.1. The van der Waals surface area contributed by atoms with Crippen LogP contribution in [0.1, 0.15) is 5.56 Å². The molecule has 0 atom stereocenters. The van der Waals surface area contributed by atoms with Gasteiger partial charge in [-0.1, -0.05) is 30.3 Å². The van der Waals surface area contributed by atoms with Gasteiger partial charge in [0.25, 0.3) is 5.56 Å². The molecule has 1 aromatic heterocycles. The van der Waals surface area contributed by atoms with Gasteiger partial charge in [-0.15, -0.1) is 10.2 Å². The zero-order chi connectivity index (χ0) is 19.4. The van der Waals surface area contributed by atoms with Crippen LogP contribution in [-0.4, -0.2) is 36.5 Å². The number of nitrogens with one attached hydrogen (secondary N) is 2.